The molecular weight excluding hydrogens is 501 g/mol. The number of anilines is 2. The Balaban J connectivity index is 1.24. The molecule has 3 aromatic rings. The highest BCUT2D eigenvalue weighted by Crippen LogP contribution is 2.26. The number of benzene rings is 1. The molecule has 206 valence electrons. The molecule has 0 amide bonds. The van der Waals surface area contributed by atoms with Crippen molar-refractivity contribution < 1.29 is 13.9 Å². The molecule has 1 aromatic carbocycles. The molecule has 1 N–H and O–H groups in total. The van der Waals surface area contributed by atoms with Gasteiger partial charge in [0.15, 0.2) is 5.82 Å². The zero-order chi connectivity index (χ0) is 27.4. The summed E-state index contributed by atoms with van der Waals surface area (Å²) in [6.45, 7) is 8.36. The van der Waals surface area contributed by atoms with Gasteiger partial charge >= 0.3 is 5.97 Å². The van der Waals surface area contributed by atoms with Gasteiger partial charge in [-0.05, 0) is 23.8 Å². The summed E-state index contributed by atoms with van der Waals surface area (Å²) in [6.07, 6.45) is 2.62. The molecule has 2 aliphatic rings. The fraction of sp³-hybridized carbons (Fsp3) is 0.429. The number of nitrogens with one attached hydrogen (secondary N) is 1. The standard InChI is InChI=1S/C28H34FN7O3/c1-20(37)39-16-15-34-11-13-35(14-12-34)22-5-3-21(4-6-22)26-19-36(10-9-31-26)28-32-25(17-27(38)33(28)2)23-7-8-30-18-24(23)29/h3-8,17-18,26,31H,9-16,19H2,1-2H3/t26-/m1/s1. The van der Waals surface area contributed by atoms with E-state index < -0.39 is 5.82 Å². The smallest absolute Gasteiger partial charge is 0.302 e. The summed E-state index contributed by atoms with van der Waals surface area (Å²) >= 11 is 0. The van der Waals surface area contributed by atoms with Crippen LogP contribution in [0.25, 0.3) is 11.3 Å². The van der Waals surface area contributed by atoms with Crippen molar-refractivity contribution in [1.82, 2.24) is 24.8 Å². The number of pyridine rings is 1. The second kappa shape index (κ2) is 11.9. The first-order valence-electron chi connectivity index (χ1n) is 13.3. The monoisotopic (exact) mass is 535 g/mol. The third-order valence-electron chi connectivity index (χ3n) is 7.36. The van der Waals surface area contributed by atoms with Crippen molar-refractivity contribution >= 4 is 17.6 Å². The minimum atomic E-state index is -0.508. The molecule has 0 unspecified atom stereocenters. The van der Waals surface area contributed by atoms with E-state index in [1.807, 2.05) is 0 Å². The normalized spacial score (nSPS) is 18.3. The fourth-order valence-electron chi connectivity index (χ4n) is 5.15. The van der Waals surface area contributed by atoms with E-state index in [2.05, 4.69) is 54.2 Å². The van der Waals surface area contributed by atoms with Crippen LogP contribution < -0.4 is 20.7 Å². The van der Waals surface area contributed by atoms with E-state index in [-0.39, 0.29) is 23.1 Å². The van der Waals surface area contributed by atoms with Crippen LogP contribution in [0, 0.1) is 5.82 Å². The number of carbonyl (C=O) groups is 1. The van der Waals surface area contributed by atoms with Gasteiger partial charge in [0.05, 0.1) is 11.9 Å². The molecule has 0 bridgehead atoms. The SMILES string of the molecule is CC(=O)OCCN1CCN(c2ccc([C@H]3CN(c4nc(-c5ccncc5F)cc(=O)n4C)CCN3)cc2)CC1. The lowest BCUT2D eigenvalue weighted by Crippen LogP contribution is -2.48. The molecule has 2 fully saturated rings. The van der Waals surface area contributed by atoms with Gasteiger partial charge < -0.3 is 19.9 Å². The molecular formula is C28H34FN7O3. The molecule has 4 heterocycles. The Labute approximate surface area is 227 Å². The van der Waals surface area contributed by atoms with Gasteiger partial charge in [-0.1, -0.05) is 12.1 Å². The molecule has 0 aliphatic carbocycles. The van der Waals surface area contributed by atoms with E-state index in [4.69, 9.17) is 4.74 Å². The maximum absolute atomic E-state index is 14.4. The summed E-state index contributed by atoms with van der Waals surface area (Å²) in [4.78, 5) is 39.0. The van der Waals surface area contributed by atoms with Crippen LogP contribution in [0.1, 0.15) is 18.5 Å². The molecule has 39 heavy (non-hydrogen) atoms. The minimum absolute atomic E-state index is 0.0594. The highest BCUT2D eigenvalue weighted by atomic mass is 19.1. The highest BCUT2D eigenvalue weighted by Gasteiger charge is 2.25. The molecule has 10 nitrogen and oxygen atoms in total. The predicted octanol–water partition coefficient (Wildman–Crippen LogP) is 1.82. The molecule has 2 aromatic heterocycles. The molecule has 1 atom stereocenters. The summed E-state index contributed by atoms with van der Waals surface area (Å²) < 4.78 is 20.9. The number of hydrogen-bond acceptors (Lipinski definition) is 9. The van der Waals surface area contributed by atoms with Gasteiger partial charge in [0.1, 0.15) is 6.61 Å². The van der Waals surface area contributed by atoms with Crippen LogP contribution in [0.5, 0.6) is 0 Å². The number of piperazine rings is 2. The van der Waals surface area contributed by atoms with Crippen LogP contribution in [0.4, 0.5) is 16.0 Å². The second-order valence-corrected chi connectivity index (χ2v) is 9.91. The molecule has 11 heteroatoms. The van der Waals surface area contributed by atoms with E-state index in [0.717, 1.165) is 51.0 Å². The molecule has 0 saturated carbocycles. The number of esters is 1. The van der Waals surface area contributed by atoms with E-state index in [9.17, 15) is 14.0 Å². The largest absolute Gasteiger partial charge is 0.465 e. The van der Waals surface area contributed by atoms with Crippen molar-refractivity contribution in [2.45, 2.75) is 13.0 Å². The number of carbonyl (C=O) groups excluding carboxylic acids is 1. The van der Waals surface area contributed by atoms with Gasteiger partial charge in [-0.15, -0.1) is 0 Å². The van der Waals surface area contributed by atoms with Gasteiger partial charge in [0, 0.05) is 95.9 Å². The van der Waals surface area contributed by atoms with Crippen molar-refractivity contribution in [3.8, 4) is 11.3 Å². The Morgan fingerprint density at radius 2 is 1.87 bits per heavy atom. The first kappa shape index (κ1) is 26.8. The summed E-state index contributed by atoms with van der Waals surface area (Å²) in [7, 11) is 1.69. The Morgan fingerprint density at radius 1 is 1.10 bits per heavy atom. The van der Waals surface area contributed by atoms with Gasteiger partial charge in [-0.3, -0.25) is 24.0 Å². The fourth-order valence-corrected chi connectivity index (χ4v) is 5.15. The lowest BCUT2D eigenvalue weighted by Gasteiger charge is -2.37. The quantitative estimate of drug-likeness (QED) is 0.455. The second-order valence-electron chi connectivity index (χ2n) is 9.91. The molecule has 0 radical (unpaired) electrons. The Kier molecular flexibility index (Phi) is 8.18. The number of aromatic nitrogens is 3. The Bertz CT molecular complexity index is 1360. The summed E-state index contributed by atoms with van der Waals surface area (Å²) in [6, 6.07) is 11.6. The van der Waals surface area contributed by atoms with Gasteiger partial charge in [0.25, 0.3) is 5.56 Å². The zero-order valence-electron chi connectivity index (χ0n) is 22.3. The van der Waals surface area contributed by atoms with E-state index >= 15 is 0 Å². The summed E-state index contributed by atoms with van der Waals surface area (Å²) in [5.74, 6) is -0.229. The lowest BCUT2D eigenvalue weighted by molar-refractivity contribution is -0.141. The van der Waals surface area contributed by atoms with Crippen molar-refractivity contribution in [3.63, 3.8) is 0 Å². The van der Waals surface area contributed by atoms with E-state index in [1.54, 1.807) is 7.05 Å². The van der Waals surface area contributed by atoms with Crippen LogP contribution in [0.3, 0.4) is 0 Å². The van der Waals surface area contributed by atoms with Gasteiger partial charge in [-0.2, -0.15) is 0 Å². The number of rotatable bonds is 7. The van der Waals surface area contributed by atoms with Crippen molar-refractivity contribution in [2.75, 3.05) is 68.8 Å². The summed E-state index contributed by atoms with van der Waals surface area (Å²) in [5.41, 5.74) is 2.67. The third kappa shape index (κ3) is 6.26. The first-order chi connectivity index (χ1) is 18.9. The Morgan fingerprint density at radius 3 is 2.59 bits per heavy atom. The molecule has 2 saturated heterocycles. The Hall–Kier alpha value is -3.83. The maximum Gasteiger partial charge on any atom is 0.302 e. The average molecular weight is 536 g/mol. The van der Waals surface area contributed by atoms with Crippen LogP contribution in [0.15, 0.2) is 53.6 Å². The van der Waals surface area contributed by atoms with Crippen LogP contribution in [-0.2, 0) is 16.6 Å². The molecule has 0 spiro atoms. The van der Waals surface area contributed by atoms with Gasteiger partial charge in [0.2, 0.25) is 5.95 Å². The van der Waals surface area contributed by atoms with Gasteiger partial charge in [-0.25, -0.2) is 9.37 Å². The topological polar surface area (TPSA) is 95.8 Å². The molecule has 2 aliphatic heterocycles. The van der Waals surface area contributed by atoms with Crippen LogP contribution in [-0.4, -0.2) is 84.4 Å². The number of ether oxygens (including phenoxy) is 1. The average Bonchev–Trinajstić information content (AvgIpc) is 2.95. The highest BCUT2D eigenvalue weighted by molar-refractivity contribution is 5.65. The van der Waals surface area contributed by atoms with Crippen LogP contribution >= 0.6 is 0 Å². The minimum Gasteiger partial charge on any atom is -0.465 e. The van der Waals surface area contributed by atoms with Crippen molar-refractivity contribution in [1.29, 1.82) is 0 Å². The first-order valence-corrected chi connectivity index (χ1v) is 13.3. The summed E-state index contributed by atoms with van der Waals surface area (Å²) in [5, 5.41) is 3.58. The van der Waals surface area contributed by atoms with Crippen molar-refractivity contribution in [2.24, 2.45) is 7.05 Å². The maximum atomic E-state index is 14.4. The zero-order valence-corrected chi connectivity index (χ0v) is 22.3. The lowest BCUT2D eigenvalue weighted by atomic mass is 10.0. The van der Waals surface area contributed by atoms with Crippen molar-refractivity contribution in [3.05, 3.63) is 70.5 Å². The number of halogens is 1. The number of nitrogens with zero attached hydrogens (tertiary/aromatic N) is 6. The predicted molar refractivity (Wildman–Crippen MR) is 147 cm³/mol. The molecule has 5 rings (SSSR count). The van der Waals surface area contributed by atoms with Crippen LogP contribution in [0.2, 0.25) is 0 Å². The third-order valence-corrected chi connectivity index (χ3v) is 7.36. The van der Waals surface area contributed by atoms with E-state index in [1.165, 1.54) is 35.5 Å². The number of hydrogen-bond donors (Lipinski definition) is 1. The van der Waals surface area contributed by atoms with E-state index in [0.29, 0.717) is 31.3 Å².